The van der Waals surface area contributed by atoms with Crippen LogP contribution in [0.3, 0.4) is 0 Å². The third kappa shape index (κ3) is 3.75. The van der Waals surface area contributed by atoms with Gasteiger partial charge in [-0.25, -0.2) is 0 Å². The number of hydrogen-bond acceptors (Lipinski definition) is 4. The lowest BCUT2D eigenvalue weighted by Gasteiger charge is -2.07. The number of hydrogen-bond donors (Lipinski definition) is 1. The summed E-state index contributed by atoms with van der Waals surface area (Å²) < 4.78 is 7.20. The summed E-state index contributed by atoms with van der Waals surface area (Å²) in [6.45, 7) is 4.96. The number of rotatable bonds is 6. The van der Waals surface area contributed by atoms with E-state index in [1.807, 2.05) is 47.4 Å². The minimum Gasteiger partial charge on any atom is -0.479 e. The quantitative estimate of drug-likeness (QED) is 0.876. The molecule has 2 aromatic rings. The highest BCUT2D eigenvalue weighted by atomic mass is 16.5. The van der Waals surface area contributed by atoms with Crippen molar-refractivity contribution in [1.29, 1.82) is 5.26 Å². The summed E-state index contributed by atoms with van der Waals surface area (Å²) in [7, 11) is 0. The number of anilines is 1. The Bertz CT molecular complexity index is 598. The third-order valence-corrected chi connectivity index (χ3v) is 2.82. The fourth-order valence-corrected chi connectivity index (χ4v) is 1.77. The normalized spacial score (nSPS) is 10.3. The molecule has 1 heterocycles. The largest absolute Gasteiger partial charge is 0.479 e. The fourth-order valence-electron chi connectivity index (χ4n) is 1.77. The molecule has 0 aliphatic carbocycles. The molecule has 104 valence electrons. The predicted octanol–water partition coefficient (Wildman–Crippen LogP) is 2.98. The molecule has 5 heteroatoms. The zero-order valence-corrected chi connectivity index (χ0v) is 11.7. The van der Waals surface area contributed by atoms with E-state index in [9.17, 15) is 0 Å². The first-order valence-corrected chi connectivity index (χ1v) is 6.56. The first-order chi connectivity index (χ1) is 9.69. The van der Waals surface area contributed by atoms with Gasteiger partial charge >= 0.3 is 0 Å². The van der Waals surface area contributed by atoms with E-state index < -0.39 is 0 Å². The van der Waals surface area contributed by atoms with Crippen molar-refractivity contribution in [3.8, 4) is 11.8 Å². The second-order valence-electron chi connectivity index (χ2n) is 4.75. The average molecular weight is 270 g/mol. The summed E-state index contributed by atoms with van der Waals surface area (Å²) in [5.74, 6) is 0.689. The van der Waals surface area contributed by atoms with Gasteiger partial charge in [-0.2, -0.15) is 10.4 Å². The lowest BCUT2D eigenvalue weighted by molar-refractivity contribution is 0.368. The molecule has 0 aliphatic rings. The third-order valence-electron chi connectivity index (χ3n) is 2.82. The van der Waals surface area contributed by atoms with Crippen molar-refractivity contribution in [3.63, 3.8) is 0 Å². The van der Waals surface area contributed by atoms with Crippen LogP contribution in [-0.4, -0.2) is 16.4 Å². The molecule has 0 atom stereocenters. The second-order valence-corrected chi connectivity index (χ2v) is 4.75. The number of ether oxygens (including phenoxy) is 1. The molecule has 1 N–H and O–H groups in total. The molecule has 0 saturated carbocycles. The lowest BCUT2D eigenvalue weighted by atomic mass is 10.3. The van der Waals surface area contributed by atoms with Crippen LogP contribution in [0.4, 0.5) is 5.69 Å². The van der Waals surface area contributed by atoms with Gasteiger partial charge in [-0.15, -0.1) is 0 Å². The molecule has 0 aliphatic heterocycles. The zero-order chi connectivity index (χ0) is 14.4. The Morgan fingerprint density at radius 1 is 1.45 bits per heavy atom. The van der Waals surface area contributed by atoms with E-state index in [2.05, 4.69) is 24.3 Å². The summed E-state index contributed by atoms with van der Waals surface area (Å²) in [5, 5.41) is 16.1. The second kappa shape index (κ2) is 6.62. The van der Waals surface area contributed by atoms with Crippen LogP contribution in [0, 0.1) is 11.3 Å². The number of nitriles is 1. The van der Waals surface area contributed by atoms with Crippen LogP contribution in [0.15, 0.2) is 36.7 Å². The summed E-state index contributed by atoms with van der Waals surface area (Å²) in [6.07, 6.45) is 3.90. The van der Waals surface area contributed by atoms with Gasteiger partial charge in [0.15, 0.2) is 6.61 Å². The Morgan fingerprint density at radius 2 is 2.30 bits per heavy atom. The molecule has 5 nitrogen and oxygen atoms in total. The van der Waals surface area contributed by atoms with Crippen molar-refractivity contribution in [1.82, 2.24) is 9.78 Å². The van der Waals surface area contributed by atoms with Gasteiger partial charge in [0, 0.05) is 36.1 Å². The van der Waals surface area contributed by atoms with Crippen LogP contribution in [0.2, 0.25) is 0 Å². The van der Waals surface area contributed by atoms with Crippen LogP contribution < -0.4 is 10.1 Å². The maximum Gasteiger partial charge on any atom is 0.174 e. The van der Waals surface area contributed by atoms with Crippen molar-refractivity contribution >= 4 is 5.69 Å². The van der Waals surface area contributed by atoms with Crippen LogP contribution in [0.25, 0.3) is 0 Å². The van der Waals surface area contributed by atoms with E-state index in [-0.39, 0.29) is 6.61 Å². The van der Waals surface area contributed by atoms with Crippen molar-refractivity contribution < 1.29 is 4.74 Å². The molecule has 0 unspecified atom stereocenters. The molecule has 2 rings (SSSR count). The summed E-state index contributed by atoms with van der Waals surface area (Å²) in [4.78, 5) is 0. The minimum absolute atomic E-state index is 0.0601. The molecule has 1 aromatic heterocycles. The maximum atomic E-state index is 8.50. The van der Waals surface area contributed by atoms with E-state index >= 15 is 0 Å². The number of nitrogens with zero attached hydrogens (tertiary/aromatic N) is 3. The topological polar surface area (TPSA) is 62.9 Å². The van der Waals surface area contributed by atoms with E-state index in [4.69, 9.17) is 10.00 Å². The number of benzene rings is 1. The molecular weight excluding hydrogens is 252 g/mol. The maximum absolute atomic E-state index is 8.50. The molecule has 0 spiro atoms. The van der Waals surface area contributed by atoms with Crippen LogP contribution >= 0.6 is 0 Å². The molecule has 1 aromatic carbocycles. The van der Waals surface area contributed by atoms with Gasteiger partial charge in [0.05, 0.1) is 6.20 Å². The molecule has 20 heavy (non-hydrogen) atoms. The van der Waals surface area contributed by atoms with Gasteiger partial charge in [-0.1, -0.05) is 6.07 Å². The van der Waals surface area contributed by atoms with Gasteiger partial charge in [0.1, 0.15) is 11.8 Å². The summed E-state index contributed by atoms with van der Waals surface area (Å²) >= 11 is 0. The number of nitrogens with one attached hydrogen (secondary N) is 1. The van der Waals surface area contributed by atoms with Gasteiger partial charge < -0.3 is 10.1 Å². The summed E-state index contributed by atoms with van der Waals surface area (Å²) in [5.41, 5.74) is 2.08. The van der Waals surface area contributed by atoms with Gasteiger partial charge in [-0.3, -0.25) is 4.68 Å². The average Bonchev–Trinajstić information content (AvgIpc) is 2.92. The van der Waals surface area contributed by atoms with Crippen molar-refractivity contribution in [2.75, 3.05) is 11.9 Å². The van der Waals surface area contributed by atoms with Crippen LogP contribution in [0.1, 0.15) is 25.5 Å². The predicted molar refractivity (Wildman–Crippen MR) is 77.5 cm³/mol. The molecule has 0 saturated heterocycles. The van der Waals surface area contributed by atoms with E-state index in [0.29, 0.717) is 18.3 Å². The molecule has 0 bridgehead atoms. The Hall–Kier alpha value is -2.48. The smallest absolute Gasteiger partial charge is 0.174 e. The first kappa shape index (κ1) is 13.9. The standard InChI is InChI=1S/C15H18N4O/c1-12(2)19-11-13(10-18-19)9-17-14-4-3-5-15(8-14)20-7-6-16/h3-5,8,10-12,17H,7,9H2,1-2H3. The van der Waals surface area contributed by atoms with E-state index in [1.54, 1.807) is 0 Å². The highest BCUT2D eigenvalue weighted by molar-refractivity contribution is 5.48. The number of aromatic nitrogens is 2. The Kier molecular flexibility index (Phi) is 4.61. The van der Waals surface area contributed by atoms with Crippen LogP contribution in [-0.2, 0) is 6.54 Å². The monoisotopic (exact) mass is 270 g/mol. The first-order valence-electron chi connectivity index (χ1n) is 6.56. The molecule has 0 amide bonds. The highest BCUT2D eigenvalue weighted by Gasteiger charge is 2.02. The summed E-state index contributed by atoms with van der Waals surface area (Å²) in [6, 6.07) is 9.89. The molecule has 0 fully saturated rings. The molecule has 0 radical (unpaired) electrons. The fraction of sp³-hybridized carbons (Fsp3) is 0.333. The van der Waals surface area contributed by atoms with E-state index in [0.717, 1.165) is 11.3 Å². The Morgan fingerprint density at radius 3 is 3.00 bits per heavy atom. The zero-order valence-electron chi connectivity index (χ0n) is 11.7. The highest BCUT2D eigenvalue weighted by Crippen LogP contribution is 2.18. The van der Waals surface area contributed by atoms with Crippen LogP contribution in [0.5, 0.6) is 5.75 Å². The van der Waals surface area contributed by atoms with Gasteiger partial charge in [0.2, 0.25) is 0 Å². The van der Waals surface area contributed by atoms with Gasteiger partial charge in [-0.05, 0) is 26.0 Å². The van der Waals surface area contributed by atoms with Crippen molar-refractivity contribution in [2.24, 2.45) is 0 Å². The Balaban J connectivity index is 1.94. The molecular formula is C15H18N4O. The SMILES string of the molecule is CC(C)n1cc(CNc2cccc(OCC#N)c2)cn1. The lowest BCUT2D eigenvalue weighted by Crippen LogP contribution is -2.01. The van der Waals surface area contributed by atoms with E-state index in [1.165, 1.54) is 0 Å². The minimum atomic E-state index is 0.0601. The van der Waals surface area contributed by atoms with Crippen molar-refractivity contribution in [3.05, 3.63) is 42.2 Å². The Labute approximate surface area is 118 Å². The van der Waals surface area contributed by atoms with Gasteiger partial charge in [0.25, 0.3) is 0 Å². The van der Waals surface area contributed by atoms with Crippen molar-refractivity contribution in [2.45, 2.75) is 26.4 Å².